The zero-order valence-electron chi connectivity index (χ0n) is 15.3. The lowest BCUT2D eigenvalue weighted by molar-refractivity contribution is -0.126. The van der Waals surface area contributed by atoms with Gasteiger partial charge in [0.15, 0.2) is 0 Å². The van der Waals surface area contributed by atoms with Gasteiger partial charge in [-0.15, -0.1) is 0 Å². The van der Waals surface area contributed by atoms with Crippen LogP contribution in [0.3, 0.4) is 0 Å². The molecular weight excluding hydrogens is 367 g/mol. The molecule has 8 nitrogen and oxygen atoms in total. The standard InChI is InChI=1S/C19H23FN4O4/c20-14-7-5-12(6-8-14)16(26)21-10-2-4-15(25)22-11-13-3-1-9-19(13)17(27)23-18(28)24-19/h5-8,13H,1-4,9-11H2,(H,21,26)(H,22,25)(H2,23,24,27,28). The topological polar surface area (TPSA) is 116 Å². The monoisotopic (exact) mass is 390 g/mol. The molecule has 28 heavy (non-hydrogen) atoms. The van der Waals surface area contributed by atoms with E-state index in [1.165, 1.54) is 24.3 Å². The number of hydrogen-bond donors (Lipinski definition) is 4. The summed E-state index contributed by atoms with van der Waals surface area (Å²) in [6.07, 6.45) is 2.81. The first-order chi connectivity index (χ1) is 13.4. The van der Waals surface area contributed by atoms with Crippen molar-refractivity contribution in [1.82, 2.24) is 21.3 Å². The van der Waals surface area contributed by atoms with Gasteiger partial charge in [-0.25, -0.2) is 9.18 Å². The fourth-order valence-electron chi connectivity index (χ4n) is 3.80. The van der Waals surface area contributed by atoms with Gasteiger partial charge >= 0.3 is 6.03 Å². The van der Waals surface area contributed by atoms with E-state index in [-0.39, 0.29) is 30.1 Å². The van der Waals surface area contributed by atoms with Gasteiger partial charge in [0, 0.05) is 31.0 Å². The molecule has 2 atom stereocenters. The highest BCUT2D eigenvalue weighted by Gasteiger charge is 2.54. The highest BCUT2D eigenvalue weighted by atomic mass is 19.1. The van der Waals surface area contributed by atoms with Crippen LogP contribution in [0.25, 0.3) is 0 Å². The van der Waals surface area contributed by atoms with Crippen molar-refractivity contribution >= 4 is 23.8 Å². The molecule has 0 aromatic heterocycles. The van der Waals surface area contributed by atoms with E-state index in [0.29, 0.717) is 31.5 Å². The number of halogens is 1. The van der Waals surface area contributed by atoms with Crippen molar-refractivity contribution in [2.24, 2.45) is 5.92 Å². The Bertz CT molecular complexity index is 783. The van der Waals surface area contributed by atoms with Crippen LogP contribution in [0.4, 0.5) is 9.18 Å². The lowest BCUT2D eigenvalue weighted by Crippen LogP contribution is -2.53. The maximum Gasteiger partial charge on any atom is 0.322 e. The second kappa shape index (κ2) is 8.37. The first-order valence-corrected chi connectivity index (χ1v) is 9.35. The SMILES string of the molecule is O=C(CCCNC(=O)c1ccc(F)cc1)NCC1CCCC12NC(=O)NC2=O. The third-order valence-electron chi connectivity index (χ3n) is 5.31. The summed E-state index contributed by atoms with van der Waals surface area (Å²) in [6.45, 7) is 0.629. The molecule has 1 aromatic carbocycles. The molecule has 2 fully saturated rings. The Morgan fingerprint density at radius 2 is 1.93 bits per heavy atom. The van der Waals surface area contributed by atoms with Crippen LogP contribution in [0.5, 0.6) is 0 Å². The number of carbonyl (C=O) groups is 4. The molecule has 1 aromatic rings. The molecule has 3 rings (SSSR count). The quantitative estimate of drug-likeness (QED) is 0.408. The maximum atomic E-state index is 12.8. The first-order valence-electron chi connectivity index (χ1n) is 9.35. The van der Waals surface area contributed by atoms with Crippen molar-refractivity contribution in [2.75, 3.05) is 13.1 Å². The Balaban J connectivity index is 1.37. The second-order valence-corrected chi connectivity index (χ2v) is 7.14. The number of carbonyl (C=O) groups excluding carboxylic acids is 4. The normalized spacial score (nSPS) is 23.4. The van der Waals surface area contributed by atoms with E-state index in [2.05, 4.69) is 21.3 Å². The van der Waals surface area contributed by atoms with Gasteiger partial charge in [-0.1, -0.05) is 6.42 Å². The highest BCUT2D eigenvalue weighted by molar-refractivity contribution is 6.07. The Morgan fingerprint density at radius 3 is 2.61 bits per heavy atom. The summed E-state index contributed by atoms with van der Waals surface area (Å²) in [4.78, 5) is 47.5. The summed E-state index contributed by atoms with van der Waals surface area (Å²) in [7, 11) is 0. The predicted octanol–water partition coefficient (Wildman–Crippen LogP) is 0.830. The van der Waals surface area contributed by atoms with E-state index >= 15 is 0 Å². The summed E-state index contributed by atoms with van der Waals surface area (Å²) < 4.78 is 12.8. The number of urea groups is 1. The van der Waals surface area contributed by atoms with E-state index in [0.717, 1.165) is 12.8 Å². The van der Waals surface area contributed by atoms with Crippen LogP contribution in [0, 0.1) is 11.7 Å². The van der Waals surface area contributed by atoms with Crippen molar-refractivity contribution in [3.63, 3.8) is 0 Å². The van der Waals surface area contributed by atoms with Crippen LogP contribution in [-0.4, -0.2) is 42.4 Å². The summed E-state index contributed by atoms with van der Waals surface area (Å²) in [5, 5.41) is 10.5. The fourth-order valence-corrected chi connectivity index (χ4v) is 3.80. The van der Waals surface area contributed by atoms with Crippen molar-refractivity contribution in [3.05, 3.63) is 35.6 Å². The Labute approximate surface area is 161 Å². The van der Waals surface area contributed by atoms with Gasteiger partial charge in [0.2, 0.25) is 5.91 Å². The number of benzene rings is 1. The molecule has 1 aliphatic heterocycles. The van der Waals surface area contributed by atoms with Gasteiger partial charge in [0.05, 0.1) is 0 Å². The number of amides is 5. The third kappa shape index (κ3) is 4.29. The Hall–Kier alpha value is -2.97. The molecule has 1 spiro atoms. The molecule has 1 saturated carbocycles. The summed E-state index contributed by atoms with van der Waals surface area (Å²) in [5.41, 5.74) is -0.553. The molecule has 150 valence electrons. The Kier molecular flexibility index (Phi) is 5.91. The van der Waals surface area contributed by atoms with Gasteiger partial charge in [-0.2, -0.15) is 0 Å². The minimum absolute atomic E-state index is 0.138. The molecule has 5 amide bonds. The minimum Gasteiger partial charge on any atom is -0.356 e. The molecule has 2 aliphatic rings. The highest BCUT2D eigenvalue weighted by Crippen LogP contribution is 2.37. The van der Waals surface area contributed by atoms with Gasteiger partial charge in [0.1, 0.15) is 11.4 Å². The lowest BCUT2D eigenvalue weighted by Gasteiger charge is -2.28. The zero-order valence-corrected chi connectivity index (χ0v) is 15.3. The van der Waals surface area contributed by atoms with Crippen LogP contribution in [0.15, 0.2) is 24.3 Å². The number of hydrogen-bond acceptors (Lipinski definition) is 4. The molecule has 0 radical (unpaired) electrons. The molecule has 4 N–H and O–H groups in total. The molecule has 0 bridgehead atoms. The molecule has 1 saturated heterocycles. The lowest BCUT2D eigenvalue weighted by atomic mass is 9.87. The number of nitrogens with one attached hydrogen (secondary N) is 4. The van der Waals surface area contributed by atoms with Crippen LogP contribution >= 0.6 is 0 Å². The largest absolute Gasteiger partial charge is 0.356 e. The van der Waals surface area contributed by atoms with Gasteiger partial charge in [-0.05, 0) is 43.5 Å². The van der Waals surface area contributed by atoms with Crippen molar-refractivity contribution in [2.45, 2.75) is 37.6 Å². The number of rotatable bonds is 7. The second-order valence-electron chi connectivity index (χ2n) is 7.14. The van der Waals surface area contributed by atoms with E-state index in [1.807, 2.05) is 0 Å². The smallest absolute Gasteiger partial charge is 0.322 e. The minimum atomic E-state index is -0.909. The van der Waals surface area contributed by atoms with E-state index in [4.69, 9.17) is 0 Å². The molecule has 1 heterocycles. The van der Waals surface area contributed by atoms with Crippen LogP contribution in [0.1, 0.15) is 42.5 Å². The van der Waals surface area contributed by atoms with Crippen molar-refractivity contribution in [3.8, 4) is 0 Å². The molecule has 9 heteroatoms. The van der Waals surface area contributed by atoms with Crippen LogP contribution < -0.4 is 21.3 Å². The van der Waals surface area contributed by atoms with E-state index in [1.54, 1.807) is 0 Å². The van der Waals surface area contributed by atoms with Gasteiger partial charge in [-0.3, -0.25) is 19.7 Å². The average molecular weight is 390 g/mol. The van der Waals surface area contributed by atoms with Gasteiger partial charge in [0.25, 0.3) is 11.8 Å². The van der Waals surface area contributed by atoms with E-state index in [9.17, 15) is 23.6 Å². The Morgan fingerprint density at radius 1 is 1.18 bits per heavy atom. The van der Waals surface area contributed by atoms with Crippen molar-refractivity contribution in [1.29, 1.82) is 0 Å². The fraction of sp³-hybridized carbons (Fsp3) is 0.474. The van der Waals surface area contributed by atoms with E-state index < -0.39 is 17.4 Å². The van der Waals surface area contributed by atoms with Crippen molar-refractivity contribution < 1.29 is 23.6 Å². The van der Waals surface area contributed by atoms with Crippen LogP contribution in [-0.2, 0) is 9.59 Å². The molecule has 2 unspecified atom stereocenters. The molecule has 1 aliphatic carbocycles. The van der Waals surface area contributed by atoms with Crippen LogP contribution in [0.2, 0.25) is 0 Å². The van der Waals surface area contributed by atoms with Gasteiger partial charge < -0.3 is 16.0 Å². The zero-order chi connectivity index (χ0) is 20.1. The first kappa shape index (κ1) is 19.8. The average Bonchev–Trinajstić information content (AvgIpc) is 3.20. The summed E-state index contributed by atoms with van der Waals surface area (Å²) in [5.74, 6) is -1.37. The molecular formula is C19H23FN4O4. The number of imide groups is 1. The summed E-state index contributed by atoms with van der Waals surface area (Å²) in [6, 6.07) is 4.73. The summed E-state index contributed by atoms with van der Waals surface area (Å²) >= 11 is 0. The third-order valence-corrected chi connectivity index (χ3v) is 5.31. The predicted molar refractivity (Wildman–Crippen MR) is 97.7 cm³/mol. The maximum absolute atomic E-state index is 12.8.